The third-order valence-electron chi connectivity index (χ3n) is 2.56. The van der Waals surface area contributed by atoms with Gasteiger partial charge in [0.25, 0.3) is 0 Å². The van der Waals surface area contributed by atoms with Gasteiger partial charge in [0.2, 0.25) is 0 Å². The van der Waals surface area contributed by atoms with Crippen LogP contribution in [-0.2, 0) is 0 Å². The average Bonchev–Trinajstić information content (AvgIpc) is 2.29. The van der Waals surface area contributed by atoms with E-state index in [0.717, 1.165) is 32.1 Å². The summed E-state index contributed by atoms with van der Waals surface area (Å²) in [7, 11) is 0. The fraction of sp³-hybridized carbons (Fsp3) is 0.462. The summed E-state index contributed by atoms with van der Waals surface area (Å²) in [6.07, 6.45) is 8.55. The summed E-state index contributed by atoms with van der Waals surface area (Å²) < 4.78 is 13.3. The molecule has 0 radical (unpaired) electrons. The summed E-state index contributed by atoms with van der Waals surface area (Å²) in [6.45, 7) is 3.67. The molecule has 2 N–H and O–H groups in total. The molecule has 0 aliphatic rings. The minimum atomic E-state index is -0.305. The molecule has 1 rings (SSSR count). The SMILES string of the molecule is C=CCCCCCC(N)c1ncccc1F. The Labute approximate surface area is 96.4 Å². The predicted octanol–water partition coefficient (Wildman–Crippen LogP) is 3.36. The van der Waals surface area contributed by atoms with Crippen LogP contribution in [0.2, 0.25) is 0 Å². The molecular weight excluding hydrogens is 203 g/mol. The Morgan fingerprint density at radius 3 is 2.94 bits per heavy atom. The molecule has 0 aliphatic heterocycles. The molecule has 3 heteroatoms. The lowest BCUT2D eigenvalue weighted by atomic mass is 10.0. The quantitative estimate of drug-likeness (QED) is 0.567. The standard InChI is InChI=1S/C13H19FN2/c1-2-3-4-5-6-9-12(15)13-11(14)8-7-10-16-13/h2,7-8,10,12H,1,3-6,9,15H2. The molecular formula is C13H19FN2. The van der Waals surface area contributed by atoms with Gasteiger partial charge >= 0.3 is 0 Å². The van der Waals surface area contributed by atoms with Gasteiger partial charge in [-0.3, -0.25) is 4.98 Å². The average molecular weight is 222 g/mol. The first-order chi connectivity index (χ1) is 7.75. The Bertz CT molecular complexity index is 325. The van der Waals surface area contributed by atoms with Crippen LogP contribution in [0.15, 0.2) is 31.0 Å². The van der Waals surface area contributed by atoms with Gasteiger partial charge in [-0.05, 0) is 31.4 Å². The summed E-state index contributed by atoms with van der Waals surface area (Å²) in [5.41, 5.74) is 6.27. The highest BCUT2D eigenvalue weighted by molar-refractivity contribution is 5.10. The van der Waals surface area contributed by atoms with Crippen LogP contribution in [-0.4, -0.2) is 4.98 Å². The fourth-order valence-electron chi connectivity index (χ4n) is 1.64. The van der Waals surface area contributed by atoms with Gasteiger partial charge < -0.3 is 5.73 Å². The van der Waals surface area contributed by atoms with Crippen LogP contribution < -0.4 is 5.73 Å². The maximum atomic E-state index is 13.3. The van der Waals surface area contributed by atoms with E-state index in [4.69, 9.17) is 5.73 Å². The maximum Gasteiger partial charge on any atom is 0.146 e. The lowest BCUT2D eigenvalue weighted by Gasteiger charge is -2.11. The summed E-state index contributed by atoms with van der Waals surface area (Å²) in [6, 6.07) is 2.69. The van der Waals surface area contributed by atoms with Crippen LogP contribution in [0.5, 0.6) is 0 Å². The first-order valence-electron chi connectivity index (χ1n) is 5.72. The van der Waals surface area contributed by atoms with Crippen LogP contribution >= 0.6 is 0 Å². The van der Waals surface area contributed by atoms with Crippen LogP contribution in [0.3, 0.4) is 0 Å². The third kappa shape index (κ3) is 4.11. The number of nitrogens with zero attached hydrogens (tertiary/aromatic N) is 1. The smallest absolute Gasteiger partial charge is 0.146 e. The number of allylic oxidation sites excluding steroid dienone is 1. The lowest BCUT2D eigenvalue weighted by Crippen LogP contribution is -2.13. The van der Waals surface area contributed by atoms with E-state index in [1.807, 2.05) is 6.08 Å². The summed E-state index contributed by atoms with van der Waals surface area (Å²) in [4.78, 5) is 3.98. The van der Waals surface area contributed by atoms with Crippen molar-refractivity contribution < 1.29 is 4.39 Å². The molecule has 0 bridgehead atoms. The molecule has 1 unspecified atom stereocenters. The molecule has 2 nitrogen and oxygen atoms in total. The van der Waals surface area contributed by atoms with Crippen molar-refractivity contribution in [2.75, 3.05) is 0 Å². The van der Waals surface area contributed by atoms with Crippen LogP contribution in [0.25, 0.3) is 0 Å². The van der Waals surface area contributed by atoms with Gasteiger partial charge in [-0.15, -0.1) is 6.58 Å². The van der Waals surface area contributed by atoms with Crippen molar-refractivity contribution in [1.82, 2.24) is 4.98 Å². The molecule has 0 aromatic carbocycles. The Morgan fingerprint density at radius 2 is 2.25 bits per heavy atom. The van der Waals surface area contributed by atoms with Gasteiger partial charge in [0.1, 0.15) is 5.82 Å². The van der Waals surface area contributed by atoms with Crippen LogP contribution in [0.4, 0.5) is 4.39 Å². The van der Waals surface area contributed by atoms with Gasteiger partial charge in [-0.25, -0.2) is 4.39 Å². The minimum absolute atomic E-state index is 0.287. The first-order valence-corrected chi connectivity index (χ1v) is 5.72. The second kappa shape index (κ2) is 7.12. The van der Waals surface area contributed by atoms with E-state index in [9.17, 15) is 4.39 Å². The van der Waals surface area contributed by atoms with Crippen molar-refractivity contribution in [2.45, 2.75) is 38.1 Å². The highest BCUT2D eigenvalue weighted by atomic mass is 19.1. The minimum Gasteiger partial charge on any atom is -0.323 e. The Morgan fingerprint density at radius 1 is 1.44 bits per heavy atom. The van der Waals surface area contributed by atoms with E-state index in [1.165, 1.54) is 6.07 Å². The second-order valence-electron chi connectivity index (χ2n) is 3.90. The number of aromatic nitrogens is 1. The molecule has 0 saturated carbocycles. The normalized spacial score (nSPS) is 12.4. The molecule has 0 fully saturated rings. The number of nitrogens with two attached hydrogens (primary N) is 1. The Balaban J connectivity index is 2.32. The highest BCUT2D eigenvalue weighted by Gasteiger charge is 2.11. The first kappa shape index (κ1) is 12.8. The molecule has 16 heavy (non-hydrogen) atoms. The molecule has 0 amide bonds. The Hall–Kier alpha value is -1.22. The van der Waals surface area contributed by atoms with Crippen molar-refractivity contribution in [3.8, 4) is 0 Å². The predicted molar refractivity (Wildman–Crippen MR) is 64.4 cm³/mol. The molecule has 0 spiro atoms. The summed E-state index contributed by atoms with van der Waals surface area (Å²) >= 11 is 0. The van der Waals surface area contributed by atoms with Crippen LogP contribution in [0.1, 0.15) is 43.8 Å². The van der Waals surface area contributed by atoms with Gasteiger partial charge in [0.05, 0.1) is 5.69 Å². The van der Waals surface area contributed by atoms with E-state index in [-0.39, 0.29) is 11.9 Å². The number of halogens is 1. The number of unbranched alkanes of at least 4 members (excludes halogenated alkanes) is 3. The molecule has 1 aromatic rings. The van der Waals surface area contributed by atoms with E-state index in [2.05, 4.69) is 11.6 Å². The molecule has 1 aromatic heterocycles. The van der Waals surface area contributed by atoms with E-state index in [1.54, 1.807) is 12.3 Å². The van der Waals surface area contributed by atoms with E-state index in [0.29, 0.717) is 5.69 Å². The monoisotopic (exact) mass is 222 g/mol. The molecule has 1 atom stereocenters. The maximum absolute atomic E-state index is 13.3. The van der Waals surface area contributed by atoms with Gasteiger partial charge in [0, 0.05) is 12.2 Å². The van der Waals surface area contributed by atoms with Gasteiger partial charge in [0.15, 0.2) is 0 Å². The van der Waals surface area contributed by atoms with Gasteiger partial charge in [-0.2, -0.15) is 0 Å². The summed E-state index contributed by atoms with van der Waals surface area (Å²) in [5, 5.41) is 0. The van der Waals surface area contributed by atoms with Crippen molar-refractivity contribution >= 4 is 0 Å². The molecule has 88 valence electrons. The topological polar surface area (TPSA) is 38.9 Å². The van der Waals surface area contributed by atoms with Crippen molar-refractivity contribution in [3.63, 3.8) is 0 Å². The summed E-state index contributed by atoms with van der Waals surface area (Å²) in [5.74, 6) is -0.305. The number of rotatable bonds is 7. The zero-order valence-corrected chi connectivity index (χ0v) is 9.53. The lowest BCUT2D eigenvalue weighted by molar-refractivity contribution is 0.521. The fourth-order valence-corrected chi connectivity index (χ4v) is 1.64. The highest BCUT2D eigenvalue weighted by Crippen LogP contribution is 2.18. The largest absolute Gasteiger partial charge is 0.323 e. The second-order valence-corrected chi connectivity index (χ2v) is 3.90. The van der Waals surface area contributed by atoms with Crippen molar-refractivity contribution in [3.05, 3.63) is 42.5 Å². The molecule has 0 aliphatic carbocycles. The van der Waals surface area contributed by atoms with Crippen molar-refractivity contribution in [2.24, 2.45) is 5.73 Å². The van der Waals surface area contributed by atoms with Crippen molar-refractivity contribution in [1.29, 1.82) is 0 Å². The number of pyridine rings is 1. The van der Waals surface area contributed by atoms with Crippen LogP contribution in [0, 0.1) is 5.82 Å². The van der Waals surface area contributed by atoms with E-state index >= 15 is 0 Å². The third-order valence-corrected chi connectivity index (χ3v) is 2.56. The Kier molecular flexibility index (Phi) is 5.72. The van der Waals surface area contributed by atoms with Gasteiger partial charge in [-0.1, -0.05) is 18.9 Å². The zero-order valence-electron chi connectivity index (χ0n) is 9.53. The van der Waals surface area contributed by atoms with E-state index < -0.39 is 0 Å². The molecule has 0 saturated heterocycles. The number of hydrogen-bond donors (Lipinski definition) is 1. The number of hydrogen-bond acceptors (Lipinski definition) is 2. The zero-order chi connectivity index (χ0) is 11.8. The molecule has 1 heterocycles.